The minimum atomic E-state index is -4.03. The second-order valence-electron chi connectivity index (χ2n) is 4.48. The summed E-state index contributed by atoms with van der Waals surface area (Å²) in [6, 6.07) is 3.93. The highest BCUT2D eigenvalue weighted by molar-refractivity contribution is 7.89. The molecule has 1 amide bonds. The number of aryl methyl sites for hydroxylation is 2. The van der Waals surface area contributed by atoms with Gasteiger partial charge in [0, 0.05) is 18.8 Å². The van der Waals surface area contributed by atoms with Gasteiger partial charge in [-0.05, 0) is 24.6 Å². The lowest BCUT2D eigenvalue weighted by Gasteiger charge is -2.05. The third-order valence-corrected chi connectivity index (χ3v) is 3.68. The number of aromatic nitrogens is 2. The first kappa shape index (κ1) is 15.1. The zero-order chi connectivity index (χ0) is 15.8. The van der Waals surface area contributed by atoms with Crippen molar-refractivity contribution in [2.75, 3.05) is 5.32 Å². The number of nitrogens with two attached hydrogens (primary N) is 1. The van der Waals surface area contributed by atoms with Gasteiger partial charge in [-0.15, -0.1) is 0 Å². The summed E-state index contributed by atoms with van der Waals surface area (Å²) in [5.74, 6) is -1.42. The summed E-state index contributed by atoms with van der Waals surface area (Å²) in [4.78, 5) is 11.7. The van der Waals surface area contributed by atoms with E-state index in [2.05, 4.69) is 10.4 Å². The number of rotatable bonds is 3. The summed E-state index contributed by atoms with van der Waals surface area (Å²) in [5, 5.41) is 11.2. The minimum Gasteiger partial charge on any atom is -0.304 e. The van der Waals surface area contributed by atoms with Crippen LogP contribution in [-0.2, 0) is 17.1 Å². The topological polar surface area (TPSA) is 107 Å². The number of sulfonamides is 1. The van der Waals surface area contributed by atoms with Crippen molar-refractivity contribution in [3.05, 3.63) is 41.3 Å². The SMILES string of the molecule is Cc1ccc(C(=O)Nc2nn(C)cc2S(N)(=O)=O)cc1F. The molecule has 0 radical (unpaired) electrons. The molecule has 9 heteroatoms. The Morgan fingerprint density at radius 1 is 1.43 bits per heavy atom. The largest absolute Gasteiger partial charge is 0.304 e. The van der Waals surface area contributed by atoms with E-state index in [9.17, 15) is 17.6 Å². The lowest BCUT2D eigenvalue weighted by atomic mass is 10.1. The number of nitrogens with zero attached hydrogens (tertiary/aromatic N) is 2. The van der Waals surface area contributed by atoms with E-state index in [4.69, 9.17) is 5.14 Å². The molecule has 0 aliphatic heterocycles. The van der Waals surface area contributed by atoms with Crippen LogP contribution in [-0.4, -0.2) is 24.1 Å². The minimum absolute atomic E-state index is 0.0455. The molecule has 0 unspecified atom stereocenters. The fourth-order valence-electron chi connectivity index (χ4n) is 1.68. The van der Waals surface area contributed by atoms with Gasteiger partial charge in [0.1, 0.15) is 10.7 Å². The van der Waals surface area contributed by atoms with Crippen LogP contribution in [0.5, 0.6) is 0 Å². The van der Waals surface area contributed by atoms with Crippen molar-refractivity contribution in [3.63, 3.8) is 0 Å². The molecule has 1 aromatic heterocycles. The van der Waals surface area contributed by atoms with E-state index < -0.39 is 21.7 Å². The van der Waals surface area contributed by atoms with Crippen LogP contribution in [0, 0.1) is 12.7 Å². The molecular formula is C12H13FN4O3S. The van der Waals surface area contributed by atoms with E-state index >= 15 is 0 Å². The van der Waals surface area contributed by atoms with Crippen molar-refractivity contribution in [3.8, 4) is 0 Å². The summed E-state index contributed by atoms with van der Waals surface area (Å²) >= 11 is 0. The zero-order valence-corrected chi connectivity index (χ0v) is 12.1. The molecule has 1 aromatic carbocycles. The van der Waals surface area contributed by atoms with Crippen molar-refractivity contribution < 1.29 is 17.6 Å². The number of benzene rings is 1. The van der Waals surface area contributed by atoms with Gasteiger partial charge in [0.05, 0.1) is 0 Å². The van der Waals surface area contributed by atoms with Crippen LogP contribution in [0.25, 0.3) is 0 Å². The van der Waals surface area contributed by atoms with Gasteiger partial charge >= 0.3 is 0 Å². The molecule has 3 N–H and O–H groups in total. The Bertz CT molecular complexity index is 814. The maximum Gasteiger partial charge on any atom is 0.257 e. The molecule has 2 rings (SSSR count). The first-order valence-corrected chi connectivity index (χ1v) is 7.37. The van der Waals surface area contributed by atoms with Crippen LogP contribution in [0.15, 0.2) is 29.3 Å². The lowest BCUT2D eigenvalue weighted by molar-refractivity contribution is 0.102. The number of hydrogen-bond donors (Lipinski definition) is 2. The quantitative estimate of drug-likeness (QED) is 0.872. The van der Waals surface area contributed by atoms with Gasteiger partial charge in [-0.1, -0.05) is 6.07 Å². The van der Waals surface area contributed by atoms with Crippen molar-refractivity contribution >= 4 is 21.7 Å². The Balaban J connectivity index is 2.34. The summed E-state index contributed by atoms with van der Waals surface area (Å²) in [6.07, 6.45) is 1.17. The molecule has 0 atom stereocenters. The molecule has 0 spiro atoms. The standard InChI is InChI=1S/C12H13FN4O3S/c1-7-3-4-8(5-9(7)13)12(18)15-11-10(21(14,19)20)6-17(2)16-11/h3-6H,1-2H3,(H2,14,19,20)(H,15,16,18). The number of primary sulfonamides is 1. The predicted octanol–water partition coefficient (Wildman–Crippen LogP) is 0.767. The summed E-state index contributed by atoms with van der Waals surface area (Å²) in [6.45, 7) is 1.56. The second kappa shape index (κ2) is 5.26. The van der Waals surface area contributed by atoms with Gasteiger partial charge in [-0.2, -0.15) is 5.10 Å². The number of halogens is 1. The molecule has 0 bridgehead atoms. The molecule has 0 saturated heterocycles. The molecule has 7 nitrogen and oxygen atoms in total. The highest BCUT2D eigenvalue weighted by Gasteiger charge is 2.20. The Kier molecular flexibility index (Phi) is 3.79. The van der Waals surface area contributed by atoms with Crippen LogP contribution in [0.3, 0.4) is 0 Å². The monoisotopic (exact) mass is 312 g/mol. The molecule has 0 saturated carbocycles. The van der Waals surface area contributed by atoms with Crippen LogP contribution >= 0.6 is 0 Å². The van der Waals surface area contributed by atoms with E-state index in [-0.39, 0.29) is 16.3 Å². The van der Waals surface area contributed by atoms with Crippen molar-refractivity contribution in [1.29, 1.82) is 0 Å². The van der Waals surface area contributed by atoms with E-state index in [1.807, 2.05) is 0 Å². The molecule has 0 fully saturated rings. The Hall–Kier alpha value is -2.26. The maximum absolute atomic E-state index is 13.4. The summed E-state index contributed by atoms with van der Waals surface area (Å²) in [7, 11) is -2.55. The van der Waals surface area contributed by atoms with Crippen LogP contribution in [0.1, 0.15) is 15.9 Å². The molecule has 0 aliphatic rings. The number of nitrogens with one attached hydrogen (secondary N) is 1. The van der Waals surface area contributed by atoms with Gasteiger partial charge in [-0.3, -0.25) is 9.48 Å². The molecule has 2 aromatic rings. The first-order valence-electron chi connectivity index (χ1n) is 5.82. The van der Waals surface area contributed by atoms with Crippen LogP contribution in [0.2, 0.25) is 0 Å². The first-order chi connectivity index (χ1) is 9.68. The molecule has 1 heterocycles. The fraction of sp³-hybridized carbons (Fsp3) is 0.167. The van der Waals surface area contributed by atoms with E-state index in [0.717, 1.165) is 6.07 Å². The molecule has 0 aliphatic carbocycles. The molecule has 112 valence electrons. The smallest absolute Gasteiger partial charge is 0.257 e. The van der Waals surface area contributed by atoms with Gasteiger partial charge < -0.3 is 5.32 Å². The van der Waals surface area contributed by atoms with E-state index in [1.54, 1.807) is 6.92 Å². The Morgan fingerprint density at radius 3 is 2.67 bits per heavy atom. The normalized spacial score (nSPS) is 11.4. The highest BCUT2D eigenvalue weighted by Crippen LogP contribution is 2.18. The van der Waals surface area contributed by atoms with Gasteiger partial charge in [0.15, 0.2) is 5.82 Å². The summed E-state index contributed by atoms with van der Waals surface area (Å²) < 4.78 is 37.4. The van der Waals surface area contributed by atoms with Crippen molar-refractivity contribution in [2.24, 2.45) is 12.2 Å². The Morgan fingerprint density at radius 2 is 2.10 bits per heavy atom. The predicted molar refractivity (Wildman–Crippen MR) is 73.7 cm³/mol. The third kappa shape index (κ3) is 3.26. The van der Waals surface area contributed by atoms with E-state index in [1.165, 1.54) is 30.1 Å². The summed E-state index contributed by atoms with van der Waals surface area (Å²) in [5.41, 5.74) is 0.443. The van der Waals surface area contributed by atoms with Crippen LogP contribution in [0.4, 0.5) is 10.2 Å². The van der Waals surface area contributed by atoms with Gasteiger partial charge in [0.25, 0.3) is 5.91 Å². The Labute approximate surface area is 120 Å². The molecular weight excluding hydrogens is 299 g/mol. The average Bonchev–Trinajstić information content (AvgIpc) is 2.73. The number of anilines is 1. The fourth-order valence-corrected chi connectivity index (χ4v) is 2.34. The number of amides is 1. The third-order valence-electron chi connectivity index (χ3n) is 2.77. The number of carbonyl (C=O) groups excluding carboxylic acids is 1. The highest BCUT2D eigenvalue weighted by atomic mass is 32.2. The molecule has 21 heavy (non-hydrogen) atoms. The maximum atomic E-state index is 13.4. The van der Waals surface area contributed by atoms with E-state index in [0.29, 0.717) is 5.56 Å². The second-order valence-corrected chi connectivity index (χ2v) is 6.01. The average molecular weight is 312 g/mol. The number of hydrogen-bond acceptors (Lipinski definition) is 4. The van der Waals surface area contributed by atoms with Crippen LogP contribution < -0.4 is 10.5 Å². The zero-order valence-electron chi connectivity index (χ0n) is 11.3. The van der Waals surface area contributed by atoms with Crippen molar-refractivity contribution in [2.45, 2.75) is 11.8 Å². The van der Waals surface area contributed by atoms with Gasteiger partial charge in [0.2, 0.25) is 10.0 Å². The number of carbonyl (C=O) groups is 1. The lowest BCUT2D eigenvalue weighted by Crippen LogP contribution is -2.18. The van der Waals surface area contributed by atoms with Crippen molar-refractivity contribution in [1.82, 2.24) is 9.78 Å². The van der Waals surface area contributed by atoms with Gasteiger partial charge in [-0.25, -0.2) is 17.9 Å².